The Morgan fingerprint density at radius 3 is 2.82 bits per heavy atom. The zero-order valence-corrected chi connectivity index (χ0v) is 19.0. The van der Waals surface area contributed by atoms with Crippen LogP contribution in [0.25, 0.3) is 0 Å². The molecule has 1 N–H and O–H groups in total. The lowest BCUT2D eigenvalue weighted by Gasteiger charge is -2.27. The summed E-state index contributed by atoms with van der Waals surface area (Å²) >= 11 is 0. The van der Waals surface area contributed by atoms with Crippen LogP contribution in [0.1, 0.15) is 30.4 Å². The quantitative estimate of drug-likeness (QED) is 0.364. The van der Waals surface area contributed by atoms with Crippen LogP contribution in [0, 0.1) is 11.7 Å². The highest BCUT2D eigenvalue weighted by Crippen LogP contribution is 2.29. The molecule has 158 valence electrons. The van der Waals surface area contributed by atoms with Gasteiger partial charge in [-0.1, -0.05) is 0 Å². The summed E-state index contributed by atoms with van der Waals surface area (Å²) in [5.41, 5.74) is 1.63. The first kappa shape index (κ1) is 23.2. The summed E-state index contributed by atoms with van der Waals surface area (Å²) in [7, 11) is 3.84. The largest absolute Gasteiger partial charge is 0.467 e. The van der Waals surface area contributed by atoms with E-state index < -0.39 is 0 Å². The molecule has 0 aromatic heterocycles. The first-order chi connectivity index (χ1) is 13.2. The van der Waals surface area contributed by atoms with Gasteiger partial charge in [0.05, 0.1) is 6.61 Å². The molecule has 3 rings (SSSR count). The predicted octanol–water partition coefficient (Wildman–Crippen LogP) is 3.18. The number of hydrogen-bond acceptors (Lipinski definition) is 4. The van der Waals surface area contributed by atoms with Crippen LogP contribution >= 0.6 is 24.0 Å². The minimum atomic E-state index is -0.254. The van der Waals surface area contributed by atoms with Crippen LogP contribution < -0.4 is 10.1 Å². The average Bonchev–Trinajstić information content (AvgIpc) is 2.70. The third-order valence-corrected chi connectivity index (χ3v) is 5.22. The Hall–Kier alpha value is -1.13. The van der Waals surface area contributed by atoms with E-state index in [4.69, 9.17) is 14.2 Å². The molecule has 0 atom stereocenters. The maximum Gasteiger partial charge on any atom is 0.193 e. The molecule has 6 nitrogen and oxygen atoms in total. The van der Waals surface area contributed by atoms with Gasteiger partial charge in [-0.15, -0.1) is 24.0 Å². The Morgan fingerprint density at radius 2 is 2.07 bits per heavy atom. The van der Waals surface area contributed by atoms with E-state index in [0.717, 1.165) is 67.8 Å². The number of halogens is 2. The molecule has 0 radical (unpaired) electrons. The first-order valence-corrected chi connectivity index (χ1v) is 9.68. The van der Waals surface area contributed by atoms with Gasteiger partial charge in [-0.05, 0) is 49.3 Å². The maximum atomic E-state index is 13.8. The van der Waals surface area contributed by atoms with Gasteiger partial charge in [-0.25, -0.2) is 4.39 Å². The third kappa shape index (κ3) is 6.45. The van der Waals surface area contributed by atoms with Crippen molar-refractivity contribution in [2.75, 3.05) is 47.2 Å². The van der Waals surface area contributed by atoms with Gasteiger partial charge in [0.1, 0.15) is 11.6 Å². The summed E-state index contributed by atoms with van der Waals surface area (Å²) in [6, 6.07) is 3.03. The fourth-order valence-electron chi connectivity index (χ4n) is 3.65. The predicted molar refractivity (Wildman–Crippen MR) is 118 cm³/mol. The summed E-state index contributed by atoms with van der Waals surface area (Å²) in [6.07, 6.45) is 4.10. The van der Waals surface area contributed by atoms with Crippen LogP contribution in [0.3, 0.4) is 0 Å². The van der Waals surface area contributed by atoms with Gasteiger partial charge in [0, 0.05) is 46.0 Å². The molecular weight excluding hydrogens is 476 g/mol. The van der Waals surface area contributed by atoms with Crippen LogP contribution in [0.15, 0.2) is 17.1 Å². The van der Waals surface area contributed by atoms with E-state index in [0.29, 0.717) is 19.6 Å². The highest BCUT2D eigenvalue weighted by Gasteiger charge is 2.18. The van der Waals surface area contributed by atoms with Crippen molar-refractivity contribution in [3.05, 3.63) is 29.1 Å². The van der Waals surface area contributed by atoms with E-state index >= 15 is 0 Å². The number of nitrogens with one attached hydrogen (secondary N) is 1. The normalized spacial score (nSPS) is 17.3. The van der Waals surface area contributed by atoms with Gasteiger partial charge in [0.25, 0.3) is 0 Å². The van der Waals surface area contributed by atoms with Gasteiger partial charge < -0.3 is 24.4 Å². The maximum absolute atomic E-state index is 13.8. The van der Waals surface area contributed by atoms with Crippen LogP contribution in [0.5, 0.6) is 5.75 Å². The van der Waals surface area contributed by atoms with Crippen LogP contribution in [0.4, 0.5) is 4.39 Å². The van der Waals surface area contributed by atoms with E-state index in [9.17, 15) is 4.39 Å². The molecule has 2 aliphatic rings. The molecule has 0 unspecified atom stereocenters. The van der Waals surface area contributed by atoms with Gasteiger partial charge in [0.2, 0.25) is 0 Å². The third-order valence-electron chi connectivity index (χ3n) is 5.22. The fraction of sp³-hybridized carbons (Fsp3) is 0.650. The van der Waals surface area contributed by atoms with Gasteiger partial charge in [0.15, 0.2) is 12.8 Å². The van der Waals surface area contributed by atoms with Crippen molar-refractivity contribution in [1.29, 1.82) is 0 Å². The summed E-state index contributed by atoms with van der Waals surface area (Å²) < 4.78 is 30.1. The van der Waals surface area contributed by atoms with Crippen LogP contribution in [-0.2, 0) is 22.5 Å². The Labute approximate surface area is 183 Å². The molecule has 2 aliphatic heterocycles. The zero-order valence-electron chi connectivity index (χ0n) is 16.7. The van der Waals surface area contributed by atoms with E-state index in [2.05, 4.69) is 22.3 Å². The topological polar surface area (TPSA) is 55.3 Å². The minimum Gasteiger partial charge on any atom is -0.467 e. The standard InChI is InChI=1S/C20H30FN3O3.HI/c1-22-20(24(2)8-4-15-5-9-25-10-6-15)23-7-3-16-11-18(21)12-17-13-26-14-27-19(16)17;/h11-12,15H,3-10,13-14H2,1-2H3,(H,22,23);1H. The molecule has 1 aromatic carbocycles. The molecule has 8 heteroatoms. The Morgan fingerprint density at radius 1 is 1.29 bits per heavy atom. The van der Waals surface area contributed by atoms with Crippen molar-refractivity contribution in [2.24, 2.45) is 10.9 Å². The lowest BCUT2D eigenvalue weighted by Crippen LogP contribution is -2.40. The number of nitrogens with zero attached hydrogens (tertiary/aromatic N) is 2. The van der Waals surface area contributed by atoms with Gasteiger partial charge >= 0.3 is 0 Å². The lowest BCUT2D eigenvalue weighted by atomic mass is 9.96. The molecule has 0 bridgehead atoms. The van der Waals surface area contributed by atoms with Crippen molar-refractivity contribution < 1.29 is 18.6 Å². The number of aliphatic imine (C=N–C) groups is 1. The molecule has 2 heterocycles. The molecule has 0 aliphatic carbocycles. The monoisotopic (exact) mass is 507 g/mol. The number of ether oxygens (including phenoxy) is 3. The lowest BCUT2D eigenvalue weighted by molar-refractivity contribution is -0.0172. The second kappa shape index (κ2) is 11.8. The average molecular weight is 507 g/mol. The number of rotatable bonds is 6. The summed E-state index contributed by atoms with van der Waals surface area (Å²) in [6.45, 7) is 3.99. The molecule has 1 aromatic rings. The Bertz CT molecular complexity index is 654. The summed E-state index contributed by atoms with van der Waals surface area (Å²) in [5, 5.41) is 3.37. The second-order valence-electron chi connectivity index (χ2n) is 7.15. The fourth-order valence-corrected chi connectivity index (χ4v) is 3.65. The second-order valence-corrected chi connectivity index (χ2v) is 7.15. The number of guanidine groups is 1. The number of benzene rings is 1. The molecule has 0 saturated carbocycles. The SMILES string of the molecule is CN=C(NCCc1cc(F)cc2c1OCOC2)N(C)CCC1CCOCC1.I. The van der Waals surface area contributed by atoms with Crippen molar-refractivity contribution in [1.82, 2.24) is 10.2 Å². The van der Waals surface area contributed by atoms with E-state index in [1.54, 1.807) is 13.1 Å². The van der Waals surface area contributed by atoms with Gasteiger partial charge in [-0.2, -0.15) is 0 Å². The van der Waals surface area contributed by atoms with Crippen molar-refractivity contribution in [3.63, 3.8) is 0 Å². The number of hydrogen-bond donors (Lipinski definition) is 1. The molecule has 28 heavy (non-hydrogen) atoms. The van der Waals surface area contributed by atoms with Crippen molar-refractivity contribution in [3.8, 4) is 5.75 Å². The smallest absolute Gasteiger partial charge is 0.193 e. The van der Waals surface area contributed by atoms with Crippen LogP contribution in [0.2, 0.25) is 0 Å². The summed E-state index contributed by atoms with van der Waals surface area (Å²) in [4.78, 5) is 6.52. The van der Waals surface area contributed by atoms with Crippen molar-refractivity contribution in [2.45, 2.75) is 32.3 Å². The molecule has 0 amide bonds. The summed E-state index contributed by atoms with van der Waals surface area (Å²) in [5.74, 6) is 2.09. The van der Waals surface area contributed by atoms with Crippen molar-refractivity contribution >= 4 is 29.9 Å². The number of fused-ring (bicyclic) bond motifs is 1. The first-order valence-electron chi connectivity index (χ1n) is 9.68. The molecule has 0 spiro atoms. The van der Waals surface area contributed by atoms with E-state index in [1.165, 1.54) is 6.07 Å². The Kier molecular flexibility index (Phi) is 9.73. The molecular formula is C20H31FIN3O3. The zero-order chi connectivity index (χ0) is 19.1. The minimum absolute atomic E-state index is 0. The molecule has 1 saturated heterocycles. The van der Waals surface area contributed by atoms with Crippen LogP contribution in [-0.4, -0.2) is 58.1 Å². The highest BCUT2D eigenvalue weighted by molar-refractivity contribution is 14.0. The molecule has 1 fully saturated rings. The van der Waals surface area contributed by atoms with Gasteiger partial charge in [-0.3, -0.25) is 4.99 Å². The highest BCUT2D eigenvalue weighted by atomic mass is 127. The Balaban J connectivity index is 0.00000280. The van der Waals surface area contributed by atoms with E-state index in [1.807, 2.05) is 0 Å². The van der Waals surface area contributed by atoms with E-state index in [-0.39, 0.29) is 36.6 Å².